The van der Waals surface area contributed by atoms with Crippen molar-refractivity contribution in [3.8, 4) is 23.0 Å². The second kappa shape index (κ2) is 7.25. The van der Waals surface area contributed by atoms with Crippen molar-refractivity contribution in [3.05, 3.63) is 83.3 Å². The molecule has 0 spiro atoms. The molecule has 0 radical (unpaired) electrons. The van der Waals surface area contributed by atoms with E-state index in [1.807, 2.05) is 35.0 Å². The van der Waals surface area contributed by atoms with Gasteiger partial charge in [-0.25, -0.2) is 14.4 Å². The van der Waals surface area contributed by atoms with Gasteiger partial charge in [0.1, 0.15) is 23.1 Å². The first kappa shape index (κ1) is 17.3. The topological polar surface area (TPSA) is 55.7 Å². The number of nitrogens with one attached hydrogen (secondary N) is 1. The SMILES string of the molecule is COc1ccc(F)cc1Cc1nc(-c2ncc[nH]2)cn1-c1ccc(Cl)cc1. The van der Waals surface area contributed by atoms with Gasteiger partial charge in [0.15, 0.2) is 5.82 Å². The maximum Gasteiger partial charge on any atom is 0.157 e. The van der Waals surface area contributed by atoms with Crippen molar-refractivity contribution in [1.29, 1.82) is 0 Å². The first-order valence-corrected chi connectivity index (χ1v) is 8.68. The van der Waals surface area contributed by atoms with Gasteiger partial charge >= 0.3 is 0 Å². The lowest BCUT2D eigenvalue weighted by Crippen LogP contribution is -2.03. The maximum atomic E-state index is 13.8. The Labute approximate surface area is 160 Å². The minimum Gasteiger partial charge on any atom is -0.496 e. The number of hydrogen-bond donors (Lipinski definition) is 1. The number of methoxy groups -OCH3 is 1. The summed E-state index contributed by atoms with van der Waals surface area (Å²) in [5, 5.41) is 0.651. The molecule has 4 aromatic rings. The second-order valence-electron chi connectivity index (χ2n) is 5.96. The lowest BCUT2D eigenvalue weighted by atomic mass is 10.1. The van der Waals surface area contributed by atoms with Crippen LogP contribution in [0.2, 0.25) is 5.02 Å². The first-order valence-electron chi connectivity index (χ1n) is 8.30. The number of aromatic amines is 1. The van der Waals surface area contributed by atoms with Gasteiger partial charge in [-0.1, -0.05) is 11.6 Å². The molecule has 7 heteroatoms. The molecular weight excluding hydrogens is 367 g/mol. The Morgan fingerprint density at radius 2 is 2.00 bits per heavy atom. The lowest BCUT2D eigenvalue weighted by molar-refractivity contribution is 0.409. The van der Waals surface area contributed by atoms with Crippen molar-refractivity contribution < 1.29 is 9.13 Å². The number of nitrogens with zero attached hydrogens (tertiary/aromatic N) is 3. The Hall–Kier alpha value is -3.12. The van der Waals surface area contributed by atoms with E-state index >= 15 is 0 Å². The average Bonchev–Trinajstić information content (AvgIpc) is 3.33. The normalized spacial score (nSPS) is 10.9. The average molecular weight is 383 g/mol. The van der Waals surface area contributed by atoms with Gasteiger partial charge in [0.2, 0.25) is 0 Å². The molecule has 2 heterocycles. The molecule has 0 saturated carbocycles. The maximum absolute atomic E-state index is 13.8. The van der Waals surface area contributed by atoms with Crippen LogP contribution in [0.1, 0.15) is 11.4 Å². The Kier molecular flexibility index (Phi) is 4.64. The molecule has 0 bridgehead atoms. The summed E-state index contributed by atoms with van der Waals surface area (Å²) < 4.78 is 21.1. The molecule has 27 heavy (non-hydrogen) atoms. The molecule has 0 amide bonds. The minimum atomic E-state index is -0.318. The smallest absolute Gasteiger partial charge is 0.157 e. The summed E-state index contributed by atoms with van der Waals surface area (Å²) >= 11 is 6.01. The molecule has 5 nitrogen and oxygen atoms in total. The summed E-state index contributed by atoms with van der Waals surface area (Å²) in [5.74, 6) is 1.69. The van der Waals surface area contributed by atoms with Gasteiger partial charge in [0, 0.05) is 41.3 Å². The van der Waals surface area contributed by atoms with Crippen LogP contribution in [-0.2, 0) is 6.42 Å². The number of halogens is 2. The highest BCUT2D eigenvalue weighted by Crippen LogP contribution is 2.26. The van der Waals surface area contributed by atoms with Crippen molar-refractivity contribution in [2.75, 3.05) is 7.11 Å². The highest BCUT2D eigenvalue weighted by atomic mass is 35.5. The molecule has 2 aromatic carbocycles. The predicted octanol–water partition coefficient (Wildman–Crippen LogP) is 4.65. The number of imidazole rings is 2. The zero-order valence-corrected chi connectivity index (χ0v) is 15.2. The molecule has 0 aliphatic rings. The number of rotatable bonds is 5. The Morgan fingerprint density at radius 1 is 1.19 bits per heavy atom. The summed E-state index contributed by atoms with van der Waals surface area (Å²) in [5.41, 5.74) is 2.31. The molecule has 0 aliphatic carbocycles. The third-order valence-corrected chi connectivity index (χ3v) is 4.47. The molecule has 0 atom stereocenters. The fourth-order valence-electron chi connectivity index (χ4n) is 2.94. The van der Waals surface area contributed by atoms with Crippen LogP contribution < -0.4 is 4.74 Å². The molecule has 0 saturated heterocycles. The molecular formula is C20H16ClFN4O. The number of ether oxygens (including phenoxy) is 1. The standard InChI is InChI=1S/C20H16ClFN4O/c1-27-18-7-4-15(22)10-13(18)11-19-25-17(20-23-8-9-24-20)12-26(19)16-5-2-14(21)3-6-16/h2-10,12H,11H2,1H3,(H,23,24). The third-order valence-electron chi connectivity index (χ3n) is 4.22. The van der Waals surface area contributed by atoms with E-state index in [1.54, 1.807) is 25.6 Å². The minimum absolute atomic E-state index is 0.318. The predicted molar refractivity (Wildman–Crippen MR) is 102 cm³/mol. The van der Waals surface area contributed by atoms with E-state index in [1.165, 1.54) is 12.1 Å². The van der Waals surface area contributed by atoms with E-state index in [0.29, 0.717) is 34.3 Å². The molecule has 0 fully saturated rings. The highest BCUT2D eigenvalue weighted by molar-refractivity contribution is 6.30. The number of aromatic nitrogens is 4. The number of benzene rings is 2. The van der Waals surface area contributed by atoms with E-state index in [0.717, 1.165) is 11.5 Å². The Balaban J connectivity index is 1.81. The summed E-state index contributed by atoms with van der Waals surface area (Å²) in [6.07, 6.45) is 5.70. The molecule has 1 N–H and O–H groups in total. The number of hydrogen-bond acceptors (Lipinski definition) is 3. The van der Waals surface area contributed by atoms with Gasteiger partial charge in [0.25, 0.3) is 0 Å². The third kappa shape index (κ3) is 3.57. The van der Waals surface area contributed by atoms with Crippen LogP contribution in [0.4, 0.5) is 4.39 Å². The van der Waals surface area contributed by atoms with Crippen LogP contribution in [0.25, 0.3) is 17.2 Å². The van der Waals surface area contributed by atoms with Gasteiger partial charge in [-0.05, 0) is 42.5 Å². The van der Waals surface area contributed by atoms with Gasteiger partial charge in [-0.2, -0.15) is 0 Å². The van der Waals surface area contributed by atoms with E-state index in [4.69, 9.17) is 21.3 Å². The molecule has 0 unspecified atom stereocenters. The van der Waals surface area contributed by atoms with Crippen molar-refractivity contribution in [1.82, 2.24) is 19.5 Å². The summed E-state index contributed by atoms with van der Waals surface area (Å²) in [7, 11) is 1.57. The van der Waals surface area contributed by atoms with Gasteiger partial charge in [0.05, 0.1) is 7.11 Å². The molecule has 136 valence electrons. The quantitative estimate of drug-likeness (QED) is 0.546. The first-order chi connectivity index (χ1) is 13.1. The van der Waals surface area contributed by atoms with Crippen LogP contribution in [0.3, 0.4) is 0 Å². The van der Waals surface area contributed by atoms with Crippen molar-refractivity contribution in [2.24, 2.45) is 0 Å². The van der Waals surface area contributed by atoms with Gasteiger partial charge in [-0.15, -0.1) is 0 Å². The van der Waals surface area contributed by atoms with Crippen LogP contribution in [0.15, 0.2) is 61.1 Å². The number of H-pyrrole nitrogens is 1. The van der Waals surface area contributed by atoms with Crippen LogP contribution in [-0.4, -0.2) is 26.6 Å². The van der Waals surface area contributed by atoms with Crippen LogP contribution >= 0.6 is 11.6 Å². The second-order valence-corrected chi connectivity index (χ2v) is 6.40. The lowest BCUT2D eigenvalue weighted by Gasteiger charge is -2.11. The molecule has 0 aliphatic heterocycles. The zero-order valence-electron chi connectivity index (χ0n) is 14.5. The van der Waals surface area contributed by atoms with Crippen molar-refractivity contribution in [2.45, 2.75) is 6.42 Å². The summed E-state index contributed by atoms with van der Waals surface area (Å²) in [6.45, 7) is 0. The largest absolute Gasteiger partial charge is 0.496 e. The Morgan fingerprint density at radius 3 is 2.70 bits per heavy atom. The van der Waals surface area contributed by atoms with E-state index in [2.05, 4.69) is 9.97 Å². The molecule has 2 aromatic heterocycles. The van der Waals surface area contributed by atoms with E-state index in [9.17, 15) is 4.39 Å². The van der Waals surface area contributed by atoms with Crippen molar-refractivity contribution in [3.63, 3.8) is 0 Å². The van der Waals surface area contributed by atoms with E-state index in [-0.39, 0.29) is 5.82 Å². The van der Waals surface area contributed by atoms with Gasteiger partial charge in [-0.3, -0.25) is 0 Å². The summed E-state index contributed by atoms with van der Waals surface area (Å²) in [4.78, 5) is 12.0. The van der Waals surface area contributed by atoms with E-state index < -0.39 is 0 Å². The van der Waals surface area contributed by atoms with Crippen LogP contribution in [0, 0.1) is 5.82 Å². The Bertz CT molecular complexity index is 1060. The fourth-order valence-corrected chi connectivity index (χ4v) is 3.07. The zero-order chi connectivity index (χ0) is 18.8. The van der Waals surface area contributed by atoms with Crippen LogP contribution in [0.5, 0.6) is 5.75 Å². The van der Waals surface area contributed by atoms with Crippen molar-refractivity contribution >= 4 is 11.6 Å². The van der Waals surface area contributed by atoms with Gasteiger partial charge < -0.3 is 14.3 Å². The highest BCUT2D eigenvalue weighted by Gasteiger charge is 2.15. The monoisotopic (exact) mass is 382 g/mol. The summed E-state index contributed by atoms with van der Waals surface area (Å²) in [6, 6.07) is 11.9. The molecule has 4 rings (SSSR count). The fraction of sp³-hybridized carbons (Fsp3) is 0.100.